The fourth-order valence-electron chi connectivity index (χ4n) is 0. The van der Waals surface area contributed by atoms with Gasteiger partial charge < -0.3 is 10.8 Å². The van der Waals surface area contributed by atoms with Crippen LogP contribution in [0.2, 0.25) is 0 Å². The van der Waals surface area contributed by atoms with Gasteiger partial charge in [-0.1, -0.05) is 0 Å². The fourth-order valence-corrected chi connectivity index (χ4v) is 0. The Morgan fingerprint density at radius 3 is 2.00 bits per heavy atom. The molecule has 0 saturated heterocycles. The van der Waals surface area contributed by atoms with Crippen molar-refractivity contribution in [2.24, 2.45) is 5.73 Å². The van der Waals surface area contributed by atoms with Crippen molar-refractivity contribution in [3.05, 3.63) is 0 Å². The molecule has 0 saturated carbocycles. The second kappa shape index (κ2) is 4.24. The summed E-state index contributed by atoms with van der Waals surface area (Å²) < 4.78 is 0. The Balaban J connectivity index is 0. The first-order chi connectivity index (χ1) is 2.64. The van der Waals surface area contributed by atoms with E-state index in [1.54, 1.807) is 0 Å². The minimum atomic E-state index is -0.963. The zero-order chi connectivity index (χ0) is 5.15. The van der Waals surface area contributed by atoms with Crippen molar-refractivity contribution in [1.82, 2.24) is 0 Å². The SMILES string of the molecule is CC(N)C(=O)O.[Ir]. The number of carbonyl (C=O) groups is 1. The van der Waals surface area contributed by atoms with E-state index < -0.39 is 12.0 Å². The Morgan fingerprint density at radius 2 is 2.00 bits per heavy atom. The summed E-state index contributed by atoms with van der Waals surface area (Å²) >= 11 is 0. The maximum absolute atomic E-state index is 9.57. The molecule has 0 rings (SSSR count). The number of rotatable bonds is 1. The van der Waals surface area contributed by atoms with Gasteiger partial charge in [0.15, 0.2) is 0 Å². The van der Waals surface area contributed by atoms with Crippen molar-refractivity contribution in [2.45, 2.75) is 13.0 Å². The molecule has 0 amide bonds. The number of carboxylic acids is 1. The van der Waals surface area contributed by atoms with Crippen LogP contribution in [0.4, 0.5) is 0 Å². The molecule has 0 aromatic heterocycles. The van der Waals surface area contributed by atoms with Gasteiger partial charge in [0.05, 0.1) is 0 Å². The Hall–Kier alpha value is 0.0794. The summed E-state index contributed by atoms with van der Waals surface area (Å²) in [5, 5.41) is 7.87. The van der Waals surface area contributed by atoms with Gasteiger partial charge in [-0.2, -0.15) is 0 Å². The number of nitrogens with two attached hydrogens (primary N) is 1. The third kappa shape index (κ3) is 6.08. The molecular formula is C3H7IrNO2. The first-order valence-corrected chi connectivity index (χ1v) is 1.63. The Morgan fingerprint density at radius 1 is 1.86 bits per heavy atom. The number of carboxylic acid groups (broad SMARTS) is 1. The molecule has 0 bridgehead atoms. The Labute approximate surface area is 55.2 Å². The van der Waals surface area contributed by atoms with E-state index >= 15 is 0 Å². The van der Waals surface area contributed by atoms with Crippen LogP contribution < -0.4 is 5.73 Å². The van der Waals surface area contributed by atoms with Gasteiger partial charge in [-0.05, 0) is 6.92 Å². The molecule has 1 radical (unpaired) electrons. The summed E-state index contributed by atoms with van der Waals surface area (Å²) in [5.41, 5.74) is 4.84. The second-order valence-electron chi connectivity index (χ2n) is 1.13. The molecule has 3 N–H and O–H groups in total. The standard InChI is InChI=1S/C3H7NO2.Ir/c1-2(4)3(5)6;/h2H,4H2,1H3,(H,5,6);. The molecule has 45 valence electrons. The molecule has 0 aliphatic rings. The van der Waals surface area contributed by atoms with Gasteiger partial charge in [0.2, 0.25) is 0 Å². The van der Waals surface area contributed by atoms with Gasteiger partial charge in [-0.3, -0.25) is 4.79 Å². The summed E-state index contributed by atoms with van der Waals surface area (Å²) in [6.45, 7) is 1.42. The van der Waals surface area contributed by atoms with Gasteiger partial charge in [-0.25, -0.2) is 0 Å². The molecule has 4 heteroatoms. The van der Waals surface area contributed by atoms with Gasteiger partial charge >= 0.3 is 5.97 Å². The number of hydrogen-bond donors (Lipinski definition) is 2. The van der Waals surface area contributed by atoms with Crippen molar-refractivity contribution in [3.63, 3.8) is 0 Å². The summed E-state index contributed by atoms with van der Waals surface area (Å²) in [5.74, 6) is -0.963. The van der Waals surface area contributed by atoms with Gasteiger partial charge in [-0.15, -0.1) is 0 Å². The molecule has 0 heterocycles. The minimum Gasteiger partial charge on any atom is -0.480 e. The Kier molecular flexibility index (Phi) is 6.15. The predicted molar refractivity (Wildman–Crippen MR) is 21.3 cm³/mol. The van der Waals surface area contributed by atoms with Crippen LogP contribution in [0.3, 0.4) is 0 Å². The van der Waals surface area contributed by atoms with Crippen LogP contribution in [0.5, 0.6) is 0 Å². The van der Waals surface area contributed by atoms with Crippen LogP contribution in [0, 0.1) is 0 Å². The second-order valence-corrected chi connectivity index (χ2v) is 1.13. The molecular weight excluding hydrogens is 274 g/mol. The van der Waals surface area contributed by atoms with E-state index in [4.69, 9.17) is 10.8 Å². The summed E-state index contributed by atoms with van der Waals surface area (Å²) in [7, 11) is 0. The Bertz CT molecular complexity index is 64.0. The third-order valence-corrected chi connectivity index (χ3v) is 0.390. The van der Waals surface area contributed by atoms with E-state index in [2.05, 4.69) is 0 Å². The monoisotopic (exact) mass is 282 g/mol. The largest absolute Gasteiger partial charge is 0.480 e. The van der Waals surface area contributed by atoms with Crippen molar-refractivity contribution >= 4 is 5.97 Å². The molecule has 1 unspecified atom stereocenters. The molecule has 0 aliphatic carbocycles. The molecule has 0 fully saturated rings. The van der Waals surface area contributed by atoms with Crippen LogP contribution in [0.15, 0.2) is 0 Å². The quantitative estimate of drug-likeness (QED) is 0.676. The first kappa shape index (κ1) is 10.1. The van der Waals surface area contributed by atoms with Crippen LogP contribution in [0.25, 0.3) is 0 Å². The van der Waals surface area contributed by atoms with Gasteiger partial charge in [0.25, 0.3) is 0 Å². The number of aliphatic carboxylic acids is 1. The maximum atomic E-state index is 9.57. The maximum Gasteiger partial charge on any atom is 0.320 e. The van der Waals surface area contributed by atoms with Crippen LogP contribution in [-0.4, -0.2) is 17.1 Å². The average Bonchev–Trinajstić information content (AvgIpc) is 1.36. The van der Waals surface area contributed by atoms with Crippen LogP contribution in [-0.2, 0) is 24.9 Å². The predicted octanol–water partition coefficient (Wildman–Crippen LogP) is -0.584. The van der Waals surface area contributed by atoms with E-state index in [9.17, 15) is 4.79 Å². The summed E-state index contributed by atoms with van der Waals surface area (Å²) in [6, 6.07) is -0.731. The van der Waals surface area contributed by atoms with E-state index in [1.807, 2.05) is 0 Å². The number of hydrogen-bond acceptors (Lipinski definition) is 2. The first-order valence-electron chi connectivity index (χ1n) is 1.63. The van der Waals surface area contributed by atoms with Crippen LogP contribution in [0.1, 0.15) is 6.92 Å². The zero-order valence-electron chi connectivity index (χ0n) is 3.84. The third-order valence-electron chi connectivity index (χ3n) is 0.390. The van der Waals surface area contributed by atoms with E-state index in [0.717, 1.165) is 0 Å². The molecule has 0 aromatic rings. The molecule has 1 atom stereocenters. The zero-order valence-corrected chi connectivity index (χ0v) is 6.24. The molecule has 0 spiro atoms. The van der Waals surface area contributed by atoms with Gasteiger partial charge in [0, 0.05) is 20.1 Å². The topological polar surface area (TPSA) is 63.3 Å². The van der Waals surface area contributed by atoms with Crippen molar-refractivity contribution in [3.8, 4) is 0 Å². The van der Waals surface area contributed by atoms with Crippen molar-refractivity contribution in [1.29, 1.82) is 0 Å². The smallest absolute Gasteiger partial charge is 0.320 e. The van der Waals surface area contributed by atoms with Crippen molar-refractivity contribution < 1.29 is 30.0 Å². The summed E-state index contributed by atoms with van der Waals surface area (Å²) in [6.07, 6.45) is 0. The minimum absolute atomic E-state index is 0. The molecule has 0 aromatic carbocycles. The van der Waals surface area contributed by atoms with Gasteiger partial charge in [0.1, 0.15) is 6.04 Å². The van der Waals surface area contributed by atoms with E-state index in [0.29, 0.717) is 0 Å². The molecule has 3 nitrogen and oxygen atoms in total. The fraction of sp³-hybridized carbons (Fsp3) is 0.667. The van der Waals surface area contributed by atoms with Crippen LogP contribution >= 0.6 is 0 Å². The molecule has 0 aliphatic heterocycles. The summed E-state index contributed by atoms with van der Waals surface area (Å²) in [4.78, 5) is 9.57. The van der Waals surface area contributed by atoms with E-state index in [1.165, 1.54) is 6.92 Å². The van der Waals surface area contributed by atoms with E-state index in [-0.39, 0.29) is 20.1 Å². The average molecular weight is 281 g/mol. The van der Waals surface area contributed by atoms with Crippen molar-refractivity contribution in [2.75, 3.05) is 0 Å². The normalized spacial score (nSPS) is 11.7. The molecule has 7 heavy (non-hydrogen) atoms.